The van der Waals surface area contributed by atoms with Crippen LogP contribution in [0.3, 0.4) is 0 Å². The first-order chi connectivity index (χ1) is 10.3. The number of hydrogen-bond donors (Lipinski definition) is 1. The fraction of sp³-hybridized carbons (Fsp3) is 0.533. The lowest BCUT2D eigenvalue weighted by Gasteiger charge is -2.23. The third kappa shape index (κ3) is 7.66. The average Bonchev–Trinajstić information content (AvgIpc) is 2.44. The van der Waals surface area contributed by atoms with Crippen molar-refractivity contribution < 1.29 is 17.9 Å². The van der Waals surface area contributed by atoms with Crippen molar-refractivity contribution in [2.75, 3.05) is 5.75 Å². The molecule has 1 aromatic rings. The molecule has 0 fully saturated rings. The second-order valence-electron chi connectivity index (χ2n) is 5.28. The molecule has 1 aromatic carbocycles. The molecule has 0 aliphatic rings. The highest BCUT2D eigenvalue weighted by molar-refractivity contribution is 8.13. The van der Waals surface area contributed by atoms with Crippen molar-refractivity contribution in [3.63, 3.8) is 0 Å². The van der Waals surface area contributed by atoms with Gasteiger partial charge in [0, 0.05) is 16.7 Å². The monoisotopic (exact) mass is 347 g/mol. The second-order valence-corrected chi connectivity index (χ2v) is 8.11. The van der Waals surface area contributed by atoms with Gasteiger partial charge in [0.1, 0.15) is 6.61 Å². The van der Waals surface area contributed by atoms with Crippen LogP contribution in [0.5, 0.6) is 0 Å². The molecule has 0 heterocycles. The lowest BCUT2D eigenvalue weighted by molar-refractivity contribution is 0.133. The van der Waals surface area contributed by atoms with Gasteiger partial charge >= 0.3 is 6.09 Å². The molecule has 0 spiro atoms. The van der Waals surface area contributed by atoms with Gasteiger partial charge in [0.25, 0.3) is 0 Å². The van der Waals surface area contributed by atoms with E-state index < -0.39 is 21.2 Å². The van der Waals surface area contributed by atoms with Crippen LogP contribution in [0.4, 0.5) is 4.79 Å². The standard InChI is InChI=1S/C15H22ClNO4S/c1-3-7-12(2)14(11-22(16,19)20)17-15(18)21-10-13-8-5-4-6-9-13/h4-6,8-9,12,14H,3,7,10-11H2,1-2H3,(H,17,18). The Kier molecular flexibility index (Phi) is 7.68. The number of hydrogen-bond acceptors (Lipinski definition) is 4. The Morgan fingerprint density at radius 2 is 1.95 bits per heavy atom. The van der Waals surface area contributed by atoms with Crippen LogP contribution in [0.2, 0.25) is 0 Å². The summed E-state index contributed by atoms with van der Waals surface area (Å²) in [7, 11) is 1.61. The fourth-order valence-corrected chi connectivity index (χ4v) is 3.38. The summed E-state index contributed by atoms with van der Waals surface area (Å²) in [5.74, 6) is -0.321. The molecule has 5 nitrogen and oxygen atoms in total. The Bertz CT molecular complexity index is 562. The van der Waals surface area contributed by atoms with Gasteiger partial charge in [-0.05, 0) is 17.9 Å². The van der Waals surface area contributed by atoms with E-state index in [1.165, 1.54) is 0 Å². The Labute approximate surface area is 136 Å². The number of benzene rings is 1. The summed E-state index contributed by atoms with van der Waals surface area (Å²) in [5.41, 5.74) is 0.862. The summed E-state index contributed by atoms with van der Waals surface area (Å²) < 4.78 is 27.7. The number of halogens is 1. The summed E-state index contributed by atoms with van der Waals surface area (Å²) in [6, 6.07) is 8.69. The van der Waals surface area contributed by atoms with Gasteiger partial charge in [0.2, 0.25) is 9.05 Å². The Morgan fingerprint density at radius 3 is 2.50 bits per heavy atom. The van der Waals surface area contributed by atoms with Crippen LogP contribution in [0.1, 0.15) is 32.3 Å². The summed E-state index contributed by atoms with van der Waals surface area (Å²) in [6.45, 7) is 4.01. The molecule has 22 heavy (non-hydrogen) atoms. The predicted octanol–water partition coefficient (Wildman–Crippen LogP) is 3.29. The van der Waals surface area contributed by atoms with Gasteiger partial charge in [-0.2, -0.15) is 0 Å². The molecular formula is C15H22ClNO4S. The molecule has 124 valence electrons. The summed E-state index contributed by atoms with van der Waals surface area (Å²) in [6.07, 6.45) is 1.04. The molecule has 2 unspecified atom stereocenters. The maximum absolute atomic E-state index is 11.9. The van der Waals surface area contributed by atoms with E-state index in [-0.39, 0.29) is 18.3 Å². The number of alkyl carbamates (subject to hydrolysis) is 1. The molecule has 0 aliphatic heterocycles. The van der Waals surface area contributed by atoms with Crippen LogP contribution in [0, 0.1) is 5.92 Å². The fourth-order valence-electron chi connectivity index (χ4n) is 2.14. The van der Waals surface area contributed by atoms with Gasteiger partial charge in [-0.1, -0.05) is 50.6 Å². The van der Waals surface area contributed by atoms with E-state index in [0.717, 1.165) is 18.4 Å². The highest BCUT2D eigenvalue weighted by Crippen LogP contribution is 2.15. The van der Waals surface area contributed by atoms with Crippen molar-refractivity contribution in [1.82, 2.24) is 5.32 Å². The van der Waals surface area contributed by atoms with Crippen LogP contribution in [0.15, 0.2) is 30.3 Å². The number of carbonyl (C=O) groups is 1. The van der Waals surface area contributed by atoms with E-state index in [9.17, 15) is 13.2 Å². The largest absolute Gasteiger partial charge is 0.445 e. The highest BCUT2D eigenvalue weighted by atomic mass is 35.7. The molecule has 0 bridgehead atoms. The minimum atomic E-state index is -3.70. The van der Waals surface area contributed by atoms with Crippen LogP contribution < -0.4 is 5.32 Å². The minimum Gasteiger partial charge on any atom is -0.445 e. The molecule has 2 atom stereocenters. The van der Waals surface area contributed by atoms with Gasteiger partial charge in [0.15, 0.2) is 0 Å². The Hall–Kier alpha value is -1.27. The van der Waals surface area contributed by atoms with Crippen molar-refractivity contribution in [1.29, 1.82) is 0 Å². The summed E-state index contributed by atoms with van der Waals surface area (Å²) >= 11 is 0. The van der Waals surface area contributed by atoms with Crippen LogP contribution in [-0.2, 0) is 20.4 Å². The first-order valence-electron chi connectivity index (χ1n) is 7.21. The number of ether oxygens (including phenoxy) is 1. The molecule has 0 radical (unpaired) electrons. The Balaban J connectivity index is 2.58. The van der Waals surface area contributed by atoms with Crippen molar-refractivity contribution in [3.8, 4) is 0 Å². The predicted molar refractivity (Wildman–Crippen MR) is 87.3 cm³/mol. The van der Waals surface area contributed by atoms with Crippen molar-refractivity contribution >= 4 is 25.8 Å². The van der Waals surface area contributed by atoms with Crippen LogP contribution in [-0.4, -0.2) is 26.3 Å². The molecule has 0 aromatic heterocycles. The van der Waals surface area contributed by atoms with Crippen LogP contribution in [0.25, 0.3) is 0 Å². The molecule has 0 saturated carbocycles. The normalized spacial score (nSPS) is 14.1. The zero-order chi connectivity index (χ0) is 16.6. The van der Waals surface area contributed by atoms with E-state index >= 15 is 0 Å². The van der Waals surface area contributed by atoms with Gasteiger partial charge in [-0.15, -0.1) is 0 Å². The van der Waals surface area contributed by atoms with Gasteiger partial charge in [-0.25, -0.2) is 13.2 Å². The highest BCUT2D eigenvalue weighted by Gasteiger charge is 2.25. The summed E-state index contributed by atoms with van der Waals surface area (Å²) in [5, 5.41) is 2.60. The molecular weight excluding hydrogens is 326 g/mol. The SMILES string of the molecule is CCCC(C)C(CS(=O)(=O)Cl)NC(=O)OCc1ccccc1. The first-order valence-corrected chi connectivity index (χ1v) is 9.69. The lowest BCUT2D eigenvalue weighted by Crippen LogP contribution is -2.43. The zero-order valence-corrected chi connectivity index (χ0v) is 14.4. The van der Waals surface area contributed by atoms with E-state index in [2.05, 4.69) is 5.32 Å². The van der Waals surface area contributed by atoms with Gasteiger partial charge in [-0.3, -0.25) is 0 Å². The maximum Gasteiger partial charge on any atom is 0.407 e. The van der Waals surface area contributed by atoms with Crippen LogP contribution >= 0.6 is 10.7 Å². The molecule has 1 N–H and O–H groups in total. The molecule has 1 rings (SSSR count). The van der Waals surface area contributed by atoms with E-state index in [0.29, 0.717) is 0 Å². The smallest absolute Gasteiger partial charge is 0.407 e. The van der Waals surface area contributed by atoms with E-state index in [4.69, 9.17) is 15.4 Å². The minimum absolute atomic E-state index is 0.0113. The summed E-state index contributed by atoms with van der Waals surface area (Å²) in [4.78, 5) is 11.9. The lowest BCUT2D eigenvalue weighted by atomic mass is 9.98. The molecule has 0 saturated heterocycles. The van der Waals surface area contributed by atoms with Crippen molar-refractivity contribution in [2.45, 2.75) is 39.3 Å². The Morgan fingerprint density at radius 1 is 1.32 bits per heavy atom. The average molecular weight is 348 g/mol. The van der Waals surface area contributed by atoms with E-state index in [1.807, 2.05) is 44.2 Å². The third-order valence-corrected chi connectivity index (χ3v) is 4.46. The second kappa shape index (κ2) is 9.00. The topological polar surface area (TPSA) is 72.5 Å². The third-order valence-electron chi connectivity index (χ3n) is 3.33. The van der Waals surface area contributed by atoms with Gasteiger partial charge in [0.05, 0.1) is 5.75 Å². The number of carbonyl (C=O) groups excluding carboxylic acids is 1. The van der Waals surface area contributed by atoms with Gasteiger partial charge < -0.3 is 10.1 Å². The number of amides is 1. The van der Waals surface area contributed by atoms with Crippen molar-refractivity contribution in [3.05, 3.63) is 35.9 Å². The zero-order valence-electron chi connectivity index (χ0n) is 12.8. The maximum atomic E-state index is 11.9. The molecule has 1 amide bonds. The molecule has 7 heteroatoms. The number of nitrogens with one attached hydrogen (secondary N) is 1. The molecule has 0 aliphatic carbocycles. The first kappa shape index (κ1) is 18.8. The van der Waals surface area contributed by atoms with E-state index in [1.54, 1.807) is 0 Å². The number of rotatable bonds is 8. The van der Waals surface area contributed by atoms with Crippen molar-refractivity contribution in [2.24, 2.45) is 5.92 Å². The quantitative estimate of drug-likeness (QED) is 0.732.